The summed E-state index contributed by atoms with van der Waals surface area (Å²) in [6.07, 6.45) is 18.7. The maximum atomic E-state index is 2.77. The van der Waals surface area contributed by atoms with Crippen molar-refractivity contribution in [1.82, 2.24) is 0 Å². The molecule has 0 spiro atoms. The molecule has 0 amide bonds. The second-order valence-electron chi connectivity index (χ2n) is 13.4. The highest BCUT2D eigenvalue weighted by Gasteiger charge is 2.63. The predicted molar refractivity (Wildman–Crippen MR) is 120 cm³/mol. The van der Waals surface area contributed by atoms with Gasteiger partial charge >= 0.3 is 0 Å². The molecule has 0 N–H and O–H groups in total. The Morgan fingerprint density at radius 2 is 1.57 bits per heavy atom. The van der Waals surface area contributed by atoms with Crippen molar-refractivity contribution in [3.63, 3.8) is 0 Å². The molecule has 0 saturated heterocycles. The Bertz CT molecular complexity index is 577. The summed E-state index contributed by atoms with van der Waals surface area (Å²) in [7, 11) is 0. The van der Waals surface area contributed by atoms with Crippen LogP contribution in [-0.2, 0) is 0 Å². The van der Waals surface area contributed by atoms with Crippen LogP contribution in [-0.4, -0.2) is 0 Å². The van der Waals surface area contributed by atoms with Gasteiger partial charge in [-0.15, -0.1) is 0 Å². The van der Waals surface area contributed by atoms with Crippen molar-refractivity contribution in [3.05, 3.63) is 0 Å². The summed E-state index contributed by atoms with van der Waals surface area (Å²) >= 11 is 0. The number of hydrogen-bond acceptors (Lipinski definition) is 0. The molecule has 0 radical (unpaired) electrons. The first-order valence-electron chi connectivity index (χ1n) is 13.3. The zero-order valence-corrected chi connectivity index (χ0v) is 19.7. The van der Waals surface area contributed by atoms with Crippen LogP contribution in [0.15, 0.2) is 0 Å². The third-order valence-corrected chi connectivity index (χ3v) is 11.6. The molecule has 0 aromatic carbocycles. The van der Waals surface area contributed by atoms with Crippen LogP contribution in [0.2, 0.25) is 0 Å². The number of fused-ring (bicyclic) bond motifs is 6. The number of rotatable bonds is 5. The summed E-state index contributed by atoms with van der Waals surface area (Å²) in [4.78, 5) is 0. The van der Waals surface area contributed by atoms with E-state index in [0.717, 1.165) is 58.7 Å². The molecule has 0 bridgehead atoms. The second-order valence-corrected chi connectivity index (χ2v) is 13.4. The van der Waals surface area contributed by atoms with Gasteiger partial charge < -0.3 is 0 Å². The molecular weight excluding hydrogens is 336 g/mol. The van der Waals surface area contributed by atoms with Crippen molar-refractivity contribution >= 4 is 0 Å². The van der Waals surface area contributed by atoms with Crippen LogP contribution < -0.4 is 0 Å². The molecule has 28 heavy (non-hydrogen) atoms. The van der Waals surface area contributed by atoms with E-state index in [0.29, 0.717) is 5.41 Å². The van der Waals surface area contributed by atoms with E-state index in [-0.39, 0.29) is 0 Å². The maximum Gasteiger partial charge on any atom is -0.0264 e. The maximum absolute atomic E-state index is 2.77. The molecular formula is C28H48. The van der Waals surface area contributed by atoms with Crippen molar-refractivity contribution in [1.29, 1.82) is 0 Å². The standard InChI is InChI=1S/C28H48/c1-18(2)7-6-8-19(3)24-11-12-25-23-10-9-22-16-20-15-21(20)17-28(22,5)26(23)13-14-27(24,25)4/h18-26H,6-17H2,1-5H3/t19-,20+,21-,22+,23-,24+,25-,26-,27+,28-/m0/s1. The second kappa shape index (κ2) is 7.02. The quantitative estimate of drug-likeness (QED) is 0.446. The molecule has 0 aromatic heterocycles. The fourth-order valence-corrected chi connectivity index (χ4v) is 10.0. The largest absolute Gasteiger partial charge is 0.0628 e. The number of hydrogen-bond donors (Lipinski definition) is 0. The van der Waals surface area contributed by atoms with E-state index in [1.807, 2.05) is 0 Å². The third kappa shape index (κ3) is 3.05. The average molecular weight is 385 g/mol. The average Bonchev–Trinajstić information content (AvgIpc) is 3.27. The van der Waals surface area contributed by atoms with E-state index in [4.69, 9.17) is 0 Å². The summed E-state index contributed by atoms with van der Waals surface area (Å²) in [5.41, 5.74) is 1.40. The first-order valence-corrected chi connectivity index (χ1v) is 13.3. The van der Waals surface area contributed by atoms with Crippen LogP contribution in [0.5, 0.6) is 0 Å². The van der Waals surface area contributed by atoms with Gasteiger partial charge in [-0.3, -0.25) is 0 Å². The van der Waals surface area contributed by atoms with Gasteiger partial charge in [0.2, 0.25) is 0 Å². The fraction of sp³-hybridized carbons (Fsp3) is 1.00. The molecule has 0 aromatic rings. The Balaban J connectivity index is 1.30. The highest BCUT2D eigenvalue weighted by Crippen LogP contribution is 2.71. The van der Waals surface area contributed by atoms with Gasteiger partial charge in [0.25, 0.3) is 0 Å². The Morgan fingerprint density at radius 3 is 2.36 bits per heavy atom. The summed E-state index contributed by atoms with van der Waals surface area (Å²) in [5, 5.41) is 0. The van der Waals surface area contributed by atoms with E-state index in [9.17, 15) is 0 Å². The van der Waals surface area contributed by atoms with Gasteiger partial charge in [0.15, 0.2) is 0 Å². The highest BCUT2D eigenvalue weighted by molar-refractivity contribution is 5.12. The molecule has 160 valence electrons. The molecule has 5 rings (SSSR count). The first-order chi connectivity index (χ1) is 13.3. The van der Waals surface area contributed by atoms with Gasteiger partial charge in [-0.1, -0.05) is 53.9 Å². The molecule has 5 aliphatic carbocycles. The molecule has 5 fully saturated rings. The fourth-order valence-electron chi connectivity index (χ4n) is 10.0. The van der Waals surface area contributed by atoms with Crippen LogP contribution in [0.3, 0.4) is 0 Å². The van der Waals surface area contributed by atoms with Crippen LogP contribution in [0.1, 0.15) is 112 Å². The summed E-state index contributed by atoms with van der Waals surface area (Å²) in [5.74, 6) is 9.50. The van der Waals surface area contributed by atoms with E-state index in [2.05, 4.69) is 34.6 Å². The Morgan fingerprint density at radius 1 is 0.786 bits per heavy atom. The molecule has 0 heterocycles. The van der Waals surface area contributed by atoms with Gasteiger partial charge in [0, 0.05) is 0 Å². The van der Waals surface area contributed by atoms with Gasteiger partial charge in [0.1, 0.15) is 0 Å². The summed E-state index contributed by atoms with van der Waals surface area (Å²) < 4.78 is 0. The van der Waals surface area contributed by atoms with Crippen molar-refractivity contribution in [2.45, 2.75) is 112 Å². The Labute approximate surface area is 176 Å². The molecule has 0 nitrogen and oxygen atoms in total. The van der Waals surface area contributed by atoms with Crippen molar-refractivity contribution in [2.24, 2.45) is 64.1 Å². The van der Waals surface area contributed by atoms with E-state index in [1.54, 1.807) is 57.8 Å². The molecule has 0 unspecified atom stereocenters. The van der Waals surface area contributed by atoms with Gasteiger partial charge in [-0.05, 0) is 122 Å². The SMILES string of the molecule is CC(C)CCC[C@H](C)[C@H]1CC[C@H]2[C@@H]3CC[C@@H]4C[C@H]5C[C@H]5C[C@]4(C)[C@H]3CC[C@]12C. The van der Waals surface area contributed by atoms with E-state index < -0.39 is 0 Å². The molecule has 0 heteroatoms. The lowest BCUT2D eigenvalue weighted by atomic mass is 9.44. The first kappa shape index (κ1) is 19.9. The van der Waals surface area contributed by atoms with Crippen LogP contribution in [0.4, 0.5) is 0 Å². The van der Waals surface area contributed by atoms with Crippen LogP contribution >= 0.6 is 0 Å². The van der Waals surface area contributed by atoms with Crippen molar-refractivity contribution < 1.29 is 0 Å². The van der Waals surface area contributed by atoms with Gasteiger partial charge in [0.05, 0.1) is 0 Å². The predicted octanol–water partition coefficient (Wildman–Crippen LogP) is 8.35. The van der Waals surface area contributed by atoms with Crippen LogP contribution in [0.25, 0.3) is 0 Å². The van der Waals surface area contributed by atoms with E-state index in [1.165, 1.54) is 19.3 Å². The zero-order valence-electron chi connectivity index (χ0n) is 19.7. The normalized spacial score (nSPS) is 53.1. The minimum Gasteiger partial charge on any atom is -0.0628 e. The third-order valence-electron chi connectivity index (χ3n) is 11.6. The Hall–Kier alpha value is 0. The molecule has 0 aliphatic heterocycles. The lowest BCUT2D eigenvalue weighted by molar-refractivity contribution is -0.116. The van der Waals surface area contributed by atoms with Crippen molar-refractivity contribution in [3.8, 4) is 0 Å². The van der Waals surface area contributed by atoms with Gasteiger partial charge in [-0.2, -0.15) is 0 Å². The topological polar surface area (TPSA) is 0 Å². The molecule has 5 aliphatic rings. The summed E-state index contributed by atoms with van der Waals surface area (Å²) in [6, 6.07) is 0. The van der Waals surface area contributed by atoms with Crippen LogP contribution in [0, 0.1) is 64.1 Å². The monoisotopic (exact) mass is 384 g/mol. The minimum atomic E-state index is 0.679. The lowest BCUT2D eigenvalue weighted by Crippen LogP contribution is -2.53. The van der Waals surface area contributed by atoms with Crippen molar-refractivity contribution in [2.75, 3.05) is 0 Å². The molecule has 10 atom stereocenters. The lowest BCUT2D eigenvalue weighted by Gasteiger charge is -2.60. The van der Waals surface area contributed by atoms with E-state index >= 15 is 0 Å². The van der Waals surface area contributed by atoms with Gasteiger partial charge in [-0.25, -0.2) is 0 Å². The smallest absolute Gasteiger partial charge is 0.0264 e. The minimum absolute atomic E-state index is 0.679. The highest BCUT2D eigenvalue weighted by atomic mass is 14.7. The molecule has 5 saturated carbocycles. The Kier molecular flexibility index (Phi) is 5.00. The zero-order chi connectivity index (χ0) is 19.7. The summed E-state index contributed by atoms with van der Waals surface area (Å²) in [6.45, 7) is 12.9.